The molecule has 0 spiro atoms. The molecule has 5 aromatic heterocycles. The molecule has 15 N–H and O–H groups in total. The lowest BCUT2D eigenvalue weighted by Crippen LogP contribution is -2.35. The van der Waals surface area contributed by atoms with E-state index in [-0.39, 0.29) is 74.9 Å². The van der Waals surface area contributed by atoms with E-state index in [9.17, 15) is 46.8 Å². The second kappa shape index (κ2) is 41.5. The van der Waals surface area contributed by atoms with Crippen LogP contribution < -0.4 is 51.6 Å². The van der Waals surface area contributed by atoms with Crippen molar-refractivity contribution in [3.8, 4) is 12.1 Å². The first kappa shape index (κ1) is 97.9. The van der Waals surface area contributed by atoms with Crippen molar-refractivity contribution in [1.29, 1.82) is 10.5 Å². The third kappa shape index (κ3) is 38.4. The highest BCUT2D eigenvalue weighted by Gasteiger charge is 2.33. The van der Waals surface area contributed by atoms with Crippen LogP contribution in [-0.4, -0.2) is 130 Å². The molecular weight excluding hydrogens is 1540 g/mol. The highest BCUT2D eigenvalue weighted by Crippen LogP contribution is 2.34. The van der Waals surface area contributed by atoms with Gasteiger partial charge >= 0.3 is 42.1 Å². The number of aryl methyl sites for hydroxylation is 3. The van der Waals surface area contributed by atoms with Crippen LogP contribution in [-0.2, 0) is 67.6 Å². The third-order valence-electron chi connectivity index (χ3n) is 10.8. The van der Waals surface area contributed by atoms with Gasteiger partial charge in [0, 0.05) is 55.1 Å². The zero-order valence-electron chi connectivity index (χ0n) is 60.8. The fraction of sp³-hybridized carbons (Fsp3) is 0.444. The highest BCUT2D eigenvalue weighted by atomic mass is 35.7. The molecule has 1 aromatic carbocycles. The van der Waals surface area contributed by atoms with Crippen LogP contribution in [0.15, 0.2) is 80.6 Å². The monoisotopic (exact) mass is 1630 g/mol. The Kier molecular flexibility index (Phi) is 38.7. The fourth-order valence-electron chi connectivity index (χ4n) is 6.69. The molecule has 34 nitrogen and oxygen atoms in total. The van der Waals surface area contributed by atoms with Crippen molar-refractivity contribution in [3.63, 3.8) is 0 Å². The number of nitrogens with zero attached hydrogens (tertiary/aromatic N) is 11. The van der Waals surface area contributed by atoms with Crippen molar-refractivity contribution < 1.29 is 60.9 Å². The Labute approximate surface area is 641 Å². The van der Waals surface area contributed by atoms with Crippen LogP contribution in [0.2, 0.25) is 0 Å². The van der Waals surface area contributed by atoms with Crippen molar-refractivity contribution >= 4 is 160 Å². The molecule has 0 bridgehead atoms. The predicted molar refractivity (Wildman–Crippen MR) is 401 cm³/mol. The van der Waals surface area contributed by atoms with Crippen LogP contribution in [0.3, 0.4) is 0 Å². The van der Waals surface area contributed by atoms with Crippen molar-refractivity contribution in [2.24, 2.45) is 31.5 Å². The Morgan fingerprint density at radius 3 is 1.50 bits per heavy atom. The van der Waals surface area contributed by atoms with Gasteiger partial charge in [0.15, 0.2) is 34.5 Å². The summed E-state index contributed by atoms with van der Waals surface area (Å²) >= 11 is 31.0. The number of alkyl halides is 6. The maximum absolute atomic E-state index is 12.1. The number of hydrogen-bond donors (Lipinski definition) is 8. The minimum Gasteiger partial charge on any atom is -0.456 e. The van der Waals surface area contributed by atoms with Gasteiger partial charge in [0.25, 0.3) is 18.4 Å². The molecule has 0 fully saturated rings. The molecule has 6 aromatic rings. The summed E-state index contributed by atoms with van der Waals surface area (Å²) in [6.07, 6.45) is 6.16. The first-order valence-corrected chi connectivity index (χ1v) is 34.4. The van der Waals surface area contributed by atoms with Gasteiger partial charge in [0.05, 0.1) is 22.7 Å². The van der Waals surface area contributed by atoms with E-state index < -0.39 is 85.8 Å². The summed E-state index contributed by atoms with van der Waals surface area (Å²) < 4.78 is 48.4. The van der Waals surface area contributed by atoms with E-state index in [1.807, 2.05) is 13.8 Å². The lowest BCUT2D eigenvalue weighted by atomic mass is 10.1. The van der Waals surface area contributed by atoms with Gasteiger partial charge in [-0.25, -0.2) is 57.9 Å². The van der Waals surface area contributed by atoms with Crippen LogP contribution in [0.5, 0.6) is 0 Å². The van der Waals surface area contributed by atoms with E-state index >= 15 is 0 Å². The van der Waals surface area contributed by atoms with E-state index in [1.165, 1.54) is 63.6 Å². The van der Waals surface area contributed by atoms with Gasteiger partial charge in [-0.2, -0.15) is 20.7 Å². The maximum Gasteiger partial charge on any atom is 0.387 e. The molecule has 0 unspecified atom stereocenters. The number of nitrogens with two attached hydrogens (primary N) is 7. The highest BCUT2D eigenvalue weighted by molar-refractivity contribution is 8.13. The number of carbonyl (C=O) groups excluding carboxylic acids is 6. The first-order valence-electron chi connectivity index (χ1n) is 29.8. The molecule has 7 rings (SSSR count). The van der Waals surface area contributed by atoms with Crippen molar-refractivity contribution in [1.82, 2.24) is 43.7 Å². The molecule has 105 heavy (non-hydrogen) atoms. The summed E-state index contributed by atoms with van der Waals surface area (Å²) in [5, 5.41) is 30.5. The Balaban J connectivity index is 0. The van der Waals surface area contributed by atoms with Crippen LogP contribution in [0, 0.1) is 43.1 Å². The lowest BCUT2D eigenvalue weighted by molar-refractivity contribution is -0.152. The summed E-state index contributed by atoms with van der Waals surface area (Å²) in [5.74, 6) is 5.29. The molecule has 0 amide bonds. The number of halogens is 7. The van der Waals surface area contributed by atoms with Crippen LogP contribution in [0.25, 0.3) is 16.7 Å². The lowest BCUT2D eigenvalue weighted by Gasteiger charge is -2.20. The number of hydrazine groups is 1. The number of carbonyl (C=O) groups is 6. The average molecular weight is 1630 g/mol. The number of aromatic nitrogens is 9. The normalized spacial score (nSPS) is 11.9. The minimum absolute atomic E-state index is 0.0525. The van der Waals surface area contributed by atoms with E-state index in [4.69, 9.17) is 150 Å². The van der Waals surface area contributed by atoms with E-state index in [2.05, 4.69) is 41.9 Å². The SMILES string of the molecule is CC(C)(C)OC(=O)/C(C#N)=C(\N)C(Cl)(Cl)Cl.CC(C)(C)OC(=O)c1c(N)n[nH]c1N.CC(C)(C)OC(=O)c1c(N)nn2c1CC(=O)C=C2.Cc1ccc(S(=O)(=O)Cl)cc1.Cc1ccn2nc(N)c(C(=O)OC(C)(C)C)c2n1.Cn1ccc(=O)n(C)c1=O.N#CC(Cl)(Cl)Cl.NN.[C-]#[N+]CC(=O)OC(C)(C)C. The topological polar surface area (TPSA) is 537 Å². The summed E-state index contributed by atoms with van der Waals surface area (Å²) in [6, 6.07) is 12.5. The van der Waals surface area contributed by atoms with Crippen molar-refractivity contribution in [2.75, 3.05) is 29.5 Å². The number of hydrogen-bond acceptors (Lipinski definition) is 28. The molecule has 0 saturated carbocycles. The molecule has 6 heterocycles. The zero-order valence-corrected chi connectivity index (χ0v) is 66.9. The number of anilines is 4. The fourth-order valence-corrected chi connectivity index (χ4v) is 7.75. The summed E-state index contributed by atoms with van der Waals surface area (Å²) in [4.78, 5) is 98.1. The molecule has 0 atom stereocenters. The average Bonchev–Trinajstić information content (AvgIpc) is 1.65. The number of ketones is 1. The predicted octanol–water partition coefficient (Wildman–Crippen LogP) is 8.51. The van der Waals surface area contributed by atoms with E-state index in [0.29, 0.717) is 11.3 Å². The van der Waals surface area contributed by atoms with Gasteiger partial charge < -0.3 is 61.8 Å². The standard InChI is InChI=1S/C12H16N4O2.C12H15N3O3.C9H11Cl3N2O2.C8H14N4O2.C7H7ClO2S.C7H11NO2.C6H8N2O2.C2Cl3N.H4N2/c1-7-5-6-16-10(14-7)8(9(13)15-16)11(17)18-12(2,3)4;1-12(2,3)18-11(17)9-8-6-7(16)4-5-15(8)14-10(9)13;1-8(2,3)16-7(15)5(4-13)6(14)9(10,11)12;1-8(2,3)14-7(13)4-5(9)11-12-6(4)10;1-6-2-4-7(5-3-6)11(8,9)10;1-7(2,3)10-6(9)5-8-4;1-7-4-3-5(9)8(2)6(7)10;3-2(4,5)1-6;1-2/h5-6H,1-4H3,(H2,13,15);4-5H,6H2,1-3H3,(H2,13,14);14H2,1-3H3;1-3H3,(H5,9,10,11,12);2-5H,1H3;5H2,1-3H3;3-4H,1-2H3;;1-2H2/b;;6-5-;;;;;;. The largest absolute Gasteiger partial charge is 0.456 e. The Morgan fingerprint density at radius 2 is 1.11 bits per heavy atom. The second-order valence-corrected chi connectivity index (χ2v) is 33.0. The summed E-state index contributed by atoms with van der Waals surface area (Å²) in [6.45, 7) is 36.1. The smallest absolute Gasteiger partial charge is 0.387 e. The quantitative estimate of drug-likeness (QED) is 0.00891. The Hall–Kier alpha value is -9.19. The molecule has 0 radical (unpaired) electrons. The van der Waals surface area contributed by atoms with Crippen LogP contribution in [0.1, 0.15) is 152 Å². The van der Waals surface area contributed by atoms with Gasteiger partial charge in [0.1, 0.15) is 62.7 Å². The van der Waals surface area contributed by atoms with E-state index in [1.54, 1.807) is 141 Å². The molecule has 1 aliphatic rings. The molecule has 0 saturated heterocycles. The van der Waals surface area contributed by atoms with E-state index in [0.717, 1.165) is 15.8 Å². The number of aromatic amines is 1. The van der Waals surface area contributed by atoms with Gasteiger partial charge in [0.2, 0.25) is 3.79 Å². The third-order valence-corrected chi connectivity index (χ3v) is 13.0. The molecule has 42 heteroatoms. The number of fused-ring (bicyclic) bond motifs is 2. The number of H-pyrrole nitrogens is 1. The number of rotatable bonds is 6. The minimum atomic E-state index is -3.55. The number of esters is 5. The number of nitrogen functional groups attached to an aromatic ring is 4. The zero-order chi connectivity index (χ0) is 82.7. The summed E-state index contributed by atoms with van der Waals surface area (Å²) in [5.41, 5.74) is 26.4. The molecule has 1 aliphatic heterocycles. The van der Waals surface area contributed by atoms with Gasteiger partial charge in [-0.3, -0.25) is 30.9 Å². The van der Waals surface area contributed by atoms with Crippen LogP contribution >= 0.6 is 80.3 Å². The number of ether oxygens (including phenoxy) is 5. The summed E-state index contributed by atoms with van der Waals surface area (Å²) in [7, 11) is 4.58. The maximum atomic E-state index is 12.1. The first-order chi connectivity index (χ1) is 47.5. The number of benzene rings is 1. The second-order valence-electron chi connectivity index (χ2n) is 25.9. The number of nitrogens with one attached hydrogen (secondary N) is 1. The van der Waals surface area contributed by atoms with Crippen molar-refractivity contribution in [3.05, 3.63) is 132 Å². The van der Waals surface area contributed by atoms with Crippen molar-refractivity contribution in [2.45, 2.75) is 165 Å². The molecule has 0 aliphatic carbocycles. The van der Waals surface area contributed by atoms with Gasteiger partial charge in [-0.05, 0) is 142 Å². The number of allylic oxidation sites excluding steroid dienone is 2. The molecular formula is C63H86Cl7N19O15S. The Bertz CT molecular complexity index is 4420. The van der Waals surface area contributed by atoms with Gasteiger partial charge in [-0.1, -0.05) is 87.3 Å². The number of nitriles is 2. The molecule has 578 valence electrons. The van der Waals surface area contributed by atoms with Crippen LogP contribution in [0.4, 0.5) is 23.3 Å². The van der Waals surface area contributed by atoms with Gasteiger partial charge in [-0.15, -0.1) is 5.10 Å². The Morgan fingerprint density at radius 1 is 0.667 bits per heavy atom.